The number of carbonyl (C=O) groups excluding carboxylic acids is 4. The van der Waals surface area contributed by atoms with Crippen LogP contribution in [0.3, 0.4) is 0 Å². The molecule has 2 aromatic carbocycles. The summed E-state index contributed by atoms with van der Waals surface area (Å²) >= 11 is 1.97. The summed E-state index contributed by atoms with van der Waals surface area (Å²) in [5.74, 6) is -1.90. The van der Waals surface area contributed by atoms with E-state index < -0.39 is 83.1 Å². The Bertz CT molecular complexity index is 1450. The average Bonchev–Trinajstić information content (AvgIpc) is 3.11. The van der Waals surface area contributed by atoms with E-state index in [2.05, 4.69) is 0 Å². The number of alkyl halides is 1. The fourth-order valence-electron chi connectivity index (χ4n) is 5.70. The fourth-order valence-corrected chi connectivity index (χ4v) is 6.57. The molecule has 1 N–H and O–H groups in total. The summed E-state index contributed by atoms with van der Waals surface area (Å²) in [5, 5.41) is 11.3. The van der Waals surface area contributed by atoms with Crippen LogP contribution in [0.15, 0.2) is 48.5 Å². The molecule has 0 aliphatic carbocycles. The van der Waals surface area contributed by atoms with Crippen LogP contribution in [0.1, 0.15) is 47.4 Å². The molecular formula is C34H41IO15. The van der Waals surface area contributed by atoms with E-state index in [0.29, 0.717) is 11.5 Å². The van der Waals surface area contributed by atoms with Crippen LogP contribution in [0.25, 0.3) is 0 Å². The highest BCUT2D eigenvalue weighted by Gasteiger charge is 2.53. The van der Waals surface area contributed by atoms with Gasteiger partial charge in [-0.2, -0.15) is 0 Å². The van der Waals surface area contributed by atoms with Crippen molar-refractivity contribution in [2.24, 2.45) is 0 Å². The second-order valence-electron chi connectivity index (χ2n) is 11.4. The van der Waals surface area contributed by atoms with Gasteiger partial charge in [0.1, 0.15) is 29.8 Å². The second-order valence-corrected chi connectivity index (χ2v) is 12.9. The molecule has 0 bridgehead atoms. The van der Waals surface area contributed by atoms with Gasteiger partial charge < -0.3 is 52.5 Å². The zero-order valence-corrected chi connectivity index (χ0v) is 30.5. The van der Waals surface area contributed by atoms with Gasteiger partial charge >= 0.3 is 23.9 Å². The van der Waals surface area contributed by atoms with Gasteiger partial charge in [0.05, 0.1) is 29.3 Å². The lowest BCUT2D eigenvalue weighted by molar-refractivity contribution is -0.298. The lowest BCUT2D eigenvalue weighted by Crippen LogP contribution is -2.62. The average molecular weight is 817 g/mol. The second kappa shape index (κ2) is 18.1. The molecule has 274 valence electrons. The van der Waals surface area contributed by atoms with Crippen LogP contribution in [0, 0.1) is 0 Å². The number of benzene rings is 2. The van der Waals surface area contributed by atoms with E-state index in [1.165, 1.54) is 52.7 Å². The zero-order chi connectivity index (χ0) is 36.5. The standard InChI is InChI=1S/C34H41IO15/c1-17(36)45-29-28(50-32(40)20-9-13-22(42-4)14-10-20)24(48-34(44-6)30(29)46-18(2)37)16-15-23-27(26(38)25(35)33(43-5)47-23)49-31(39)19-7-11-21(41-3)12-8-19/h7-14,23-30,33-34,38H,15-16H2,1-6H3/t23-,24+,25+,26+,27-,28+,29-,30-,33+,34-/m1/s1. The molecule has 2 aromatic rings. The number of ether oxygens (including phenoxy) is 10. The summed E-state index contributed by atoms with van der Waals surface area (Å²) in [5.41, 5.74) is 0.379. The third kappa shape index (κ3) is 9.61. The number of aliphatic hydroxyl groups excluding tert-OH is 1. The minimum absolute atomic E-state index is 0.0291. The summed E-state index contributed by atoms with van der Waals surface area (Å²) in [4.78, 5) is 51.1. The summed E-state index contributed by atoms with van der Waals surface area (Å²) in [7, 11) is 5.72. The van der Waals surface area contributed by atoms with Crippen molar-refractivity contribution in [3.05, 3.63) is 59.7 Å². The van der Waals surface area contributed by atoms with Gasteiger partial charge in [0.15, 0.2) is 37.0 Å². The minimum Gasteiger partial charge on any atom is -0.497 e. The predicted octanol–water partition coefficient (Wildman–Crippen LogP) is 3.01. The summed E-state index contributed by atoms with van der Waals surface area (Å²) < 4.78 is 55.9. The number of carbonyl (C=O) groups is 4. The first-order valence-corrected chi connectivity index (χ1v) is 16.9. The highest BCUT2D eigenvalue weighted by molar-refractivity contribution is 14.1. The van der Waals surface area contributed by atoms with Crippen LogP contribution in [-0.4, -0.2) is 117 Å². The van der Waals surface area contributed by atoms with Crippen molar-refractivity contribution in [3.63, 3.8) is 0 Å². The maximum absolute atomic E-state index is 13.4. The van der Waals surface area contributed by atoms with E-state index >= 15 is 0 Å². The normalized spacial score (nSPS) is 29.3. The predicted molar refractivity (Wildman–Crippen MR) is 180 cm³/mol. The minimum atomic E-state index is -1.35. The van der Waals surface area contributed by atoms with Crippen molar-refractivity contribution in [1.29, 1.82) is 0 Å². The first kappa shape index (κ1) is 39.2. The highest BCUT2D eigenvalue weighted by Crippen LogP contribution is 2.36. The highest BCUT2D eigenvalue weighted by atomic mass is 127. The third-order valence-corrected chi connectivity index (χ3v) is 9.46. The molecule has 2 heterocycles. The molecule has 16 heteroatoms. The SMILES string of the molecule is COc1ccc(C(=O)O[C@@H]2[C@@H](OC(C)=O)[C@@H](OC(C)=O)[C@H](OC)O[C@H]2CC[C@H]2O[C@H](OC)[C@@H](I)[C@H](O)[C@@H]2OC(=O)c2ccc(OC)cc2)cc1. The molecule has 2 saturated heterocycles. The van der Waals surface area contributed by atoms with Gasteiger partial charge in [-0.05, 0) is 61.4 Å². The Morgan fingerprint density at radius 3 is 1.48 bits per heavy atom. The van der Waals surface area contributed by atoms with Gasteiger partial charge in [-0.25, -0.2) is 9.59 Å². The van der Waals surface area contributed by atoms with E-state index in [4.69, 9.17) is 47.4 Å². The molecule has 2 fully saturated rings. The Morgan fingerprint density at radius 2 is 1.04 bits per heavy atom. The smallest absolute Gasteiger partial charge is 0.338 e. The Morgan fingerprint density at radius 1 is 0.620 bits per heavy atom. The van der Waals surface area contributed by atoms with E-state index in [-0.39, 0.29) is 24.0 Å². The Balaban J connectivity index is 1.64. The molecule has 0 amide bonds. The molecule has 0 spiro atoms. The monoisotopic (exact) mass is 816 g/mol. The number of esters is 4. The summed E-state index contributed by atoms with van der Waals surface area (Å²) in [6.07, 6.45) is -10.3. The maximum Gasteiger partial charge on any atom is 0.338 e. The Kier molecular flexibility index (Phi) is 14.2. The van der Waals surface area contributed by atoms with Crippen LogP contribution >= 0.6 is 22.6 Å². The maximum atomic E-state index is 13.4. The number of aliphatic hydroxyl groups is 1. The number of hydrogen-bond acceptors (Lipinski definition) is 15. The molecule has 4 rings (SSSR count). The van der Waals surface area contributed by atoms with Crippen molar-refractivity contribution in [3.8, 4) is 11.5 Å². The first-order chi connectivity index (χ1) is 23.9. The fraction of sp³-hybridized carbons (Fsp3) is 0.529. The molecular weight excluding hydrogens is 775 g/mol. The van der Waals surface area contributed by atoms with E-state index in [1.54, 1.807) is 24.3 Å². The third-order valence-electron chi connectivity index (χ3n) is 8.13. The molecule has 0 radical (unpaired) electrons. The van der Waals surface area contributed by atoms with Gasteiger partial charge in [-0.1, -0.05) is 22.6 Å². The number of hydrogen-bond donors (Lipinski definition) is 1. The number of halogens is 1. The molecule has 2 aliphatic heterocycles. The van der Waals surface area contributed by atoms with Gasteiger partial charge in [0.2, 0.25) is 0 Å². The van der Waals surface area contributed by atoms with Crippen molar-refractivity contribution in [1.82, 2.24) is 0 Å². The van der Waals surface area contributed by atoms with Gasteiger partial charge in [0.25, 0.3) is 0 Å². The number of rotatable bonds is 13. The number of methoxy groups -OCH3 is 4. The molecule has 2 aliphatic rings. The molecule has 50 heavy (non-hydrogen) atoms. The van der Waals surface area contributed by atoms with Crippen molar-refractivity contribution < 1.29 is 71.7 Å². The van der Waals surface area contributed by atoms with Crippen LogP contribution < -0.4 is 9.47 Å². The molecule has 0 unspecified atom stereocenters. The van der Waals surface area contributed by atoms with E-state index in [0.717, 1.165) is 13.8 Å². The van der Waals surface area contributed by atoms with Gasteiger partial charge in [-0.3, -0.25) is 9.59 Å². The lowest BCUT2D eigenvalue weighted by atomic mass is 9.91. The summed E-state index contributed by atoms with van der Waals surface area (Å²) in [6.45, 7) is 2.32. The molecule has 0 saturated carbocycles. The van der Waals surface area contributed by atoms with Crippen LogP contribution in [0.5, 0.6) is 11.5 Å². The van der Waals surface area contributed by atoms with Gasteiger partial charge in [0, 0.05) is 28.1 Å². The van der Waals surface area contributed by atoms with Gasteiger partial charge in [-0.15, -0.1) is 0 Å². The quantitative estimate of drug-likeness (QED) is 0.135. The van der Waals surface area contributed by atoms with E-state index in [9.17, 15) is 24.3 Å². The Hall–Kier alpha value is -3.55. The molecule has 10 atom stereocenters. The van der Waals surface area contributed by atoms with Crippen molar-refractivity contribution >= 4 is 46.5 Å². The van der Waals surface area contributed by atoms with Crippen molar-refractivity contribution in [2.45, 2.75) is 85.9 Å². The Labute approximate surface area is 302 Å². The molecule has 0 aromatic heterocycles. The van der Waals surface area contributed by atoms with Crippen LogP contribution in [0.2, 0.25) is 0 Å². The van der Waals surface area contributed by atoms with Crippen molar-refractivity contribution in [2.75, 3.05) is 28.4 Å². The zero-order valence-electron chi connectivity index (χ0n) is 28.3. The lowest BCUT2D eigenvalue weighted by Gasteiger charge is -2.45. The molecule has 15 nitrogen and oxygen atoms in total. The van der Waals surface area contributed by atoms with Crippen LogP contribution in [-0.2, 0) is 47.5 Å². The van der Waals surface area contributed by atoms with E-state index in [1.807, 2.05) is 22.6 Å². The largest absolute Gasteiger partial charge is 0.497 e. The summed E-state index contributed by atoms with van der Waals surface area (Å²) in [6, 6.07) is 12.4. The van der Waals surface area contributed by atoms with Crippen LogP contribution in [0.4, 0.5) is 0 Å². The topological polar surface area (TPSA) is 181 Å². The first-order valence-electron chi connectivity index (χ1n) is 15.6.